The van der Waals surface area contributed by atoms with Gasteiger partial charge in [0, 0.05) is 25.2 Å². The van der Waals surface area contributed by atoms with Gasteiger partial charge in [-0.25, -0.2) is 10.5 Å². The van der Waals surface area contributed by atoms with E-state index in [0.717, 1.165) is 17.1 Å². The number of hydrogen-bond donors (Lipinski definition) is 4. The van der Waals surface area contributed by atoms with Crippen LogP contribution in [-0.2, 0) is 13.5 Å². The average Bonchev–Trinajstić information content (AvgIpc) is 3.55. The van der Waals surface area contributed by atoms with Crippen LogP contribution in [0.15, 0.2) is 77.0 Å². The molecule has 0 radical (unpaired) electrons. The minimum Gasteiger partial charge on any atom is -0.382 e. The Morgan fingerprint density at radius 2 is 1.95 bits per heavy atom. The van der Waals surface area contributed by atoms with E-state index < -0.39 is 5.91 Å². The van der Waals surface area contributed by atoms with Crippen LogP contribution >= 0.6 is 0 Å². The van der Waals surface area contributed by atoms with Gasteiger partial charge in [-0.2, -0.15) is 15.3 Å². The molecule has 0 aliphatic carbocycles. The van der Waals surface area contributed by atoms with Crippen LogP contribution in [0.1, 0.15) is 39.9 Å². The molecule has 0 fully saturated rings. The molecule has 0 saturated heterocycles. The quantitative estimate of drug-likeness (QED) is 0.198. The summed E-state index contributed by atoms with van der Waals surface area (Å²) in [5, 5.41) is 13.7. The largest absolute Gasteiger partial charge is 0.382 e. The van der Waals surface area contributed by atoms with E-state index in [9.17, 15) is 9.59 Å². The van der Waals surface area contributed by atoms with Gasteiger partial charge in [-0.1, -0.05) is 43.0 Å². The second-order valence-corrected chi connectivity index (χ2v) is 8.42. The number of aryl methyl sites for hydroxylation is 2. The number of para-hydroxylation sites is 1. The maximum Gasteiger partial charge on any atom is 0.267 e. The van der Waals surface area contributed by atoms with E-state index in [-0.39, 0.29) is 16.9 Å². The number of nitrogens with zero attached hydrogens (tertiary/aromatic N) is 6. The molecule has 12 heteroatoms. The van der Waals surface area contributed by atoms with E-state index in [1.54, 1.807) is 15.4 Å². The van der Waals surface area contributed by atoms with Crippen LogP contribution < -0.4 is 17.0 Å². The topological polar surface area (TPSA) is 187 Å². The number of carbonyl (C=O) groups excluding carboxylic acids is 1. The van der Waals surface area contributed by atoms with E-state index in [1.807, 2.05) is 68.7 Å². The Balaban J connectivity index is 0.000000240. The minimum absolute atomic E-state index is 0.0390. The molecule has 6 N–H and O–H groups in total. The summed E-state index contributed by atoms with van der Waals surface area (Å²) in [4.78, 5) is 29.0. The van der Waals surface area contributed by atoms with Gasteiger partial charge in [-0.05, 0) is 30.3 Å². The van der Waals surface area contributed by atoms with Crippen LogP contribution in [0.25, 0.3) is 22.7 Å². The van der Waals surface area contributed by atoms with Crippen molar-refractivity contribution in [3.8, 4) is 17.5 Å². The number of nitrogens with two attached hydrogens (primary N) is 2. The first kappa shape index (κ1) is 27.2. The number of nitrogen functional groups attached to an aromatic ring is 1. The molecule has 0 aliphatic heterocycles. The minimum atomic E-state index is -0.670. The van der Waals surface area contributed by atoms with Gasteiger partial charge in [0.2, 0.25) is 0 Å². The first-order chi connectivity index (χ1) is 19.3. The molecule has 1 amide bonds. The smallest absolute Gasteiger partial charge is 0.267 e. The first-order valence-corrected chi connectivity index (χ1v) is 12.1. The molecule has 12 nitrogen and oxygen atoms in total. The number of fused-ring (bicyclic) bond motifs is 1. The first-order valence-electron chi connectivity index (χ1n) is 12.1. The molecule has 3 heterocycles. The van der Waals surface area contributed by atoms with E-state index in [1.165, 1.54) is 12.3 Å². The van der Waals surface area contributed by atoms with Gasteiger partial charge >= 0.3 is 0 Å². The van der Waals surface area contributed by atoms with Crippen LogP contribution in [-0.4, -0.2) is 35.4 Å². The summed E-state index contributed by atoms with van der Waals surface area (Å²) in [6, 6.07) is 15.2. The third-order valence-corrected chi connectivity index (χ3v) is 5.73. The Labute approximate surface area is 228 Å². The second kappa shape index (κ2) is 12.1. The highest BCUT2D eigenvalue weighted by molar-refractivity contribution is 6.00. The number of primary amides is 1. The number of rotatable bonds is 5. The fraction of sp³-hybridized carbons (Fsp3) is 0.107. The number of aromatic amines is 1. The van der Waals surface area contributed by atoms with Crippen molar-refractivity contribution in [3.05, 3.63) is 106 Å². The Bertz CT molecular complexity index is 1840. The summed E-state index contributed by atoms with van der Waals surface area (Å²) >= 11 is 0. The third-order valence-electron chi connectivity index (χ3n) is 5.73. The van der Waals surface area contributed by atoms with Crippen molar-refractivity contribution in [2.45, 2.75) is 13.3 Å². The Hall–Kier alpha value is -5.83. The molecule has 0 unspecified atom stereocenters. The van der Waals surface area contributed by atoms with Crippen molar-refractivity contribution in [3.63, 3.8) is 0 Å². The van der Waals surface area contributed by atoms with Crippen molar-refractivity contribution in [2.24, 2.45) is 17.9 Å². The molecule has 0 atom stereocenters. The second-order valence-electron chi connectivity index (χ2n) is 8.42. The molecule has 2 aromatic carbocycles. The Morgan fingerprint density at radius 3 is 2.60 bits per heavy atom. The summed E-state index contributed by atoms with van der Waals surface area (Å²) in [6.07, 6.45) is 6.77. The molecule has 3 aromatic heterocycles. The van der Waals surface area contributed by atoms with Crippen molar-refractivity contribution in [1.29, 1.82) is 5.53 Å². The van der Waals surface area contributed by atoms with E-state index in [4.69, 9.17) is 22.0 Å². The van der Waals surface area contributed by atoms with Gasteiger partial charge in [-0.15, -0.1) is 0 Å². The normalized spacial score (nSPS) is 10.6. The summed E-state index contributed by atoms with van der Waals surface area (Å²) in [5.41, 5.74) is 20.2. The predicted molar refractivity (Wildman–Crippen MR) is 152 cm³/mol. The van der Waals surface area contributed by atoms with Gasteiger partial charge in [-0.3, -0.25) is 23.9 Å². The number of H-pyrrole nitrogens is 1. The lowest BCUT2D eigenvalue weighted by molar-refractivity contribution is 0.100. The molecule has 0 aliphatic rings. The molecule has 40 heavy (non-hydrogen) atoms. The number of carbonyl (C=O) groups is 1. The van der Waals surface area contributed by atoms with Crippen molar-refractivity contribution >= 4 is 28.7 Å². The van der Waals surface area contributed by atoms with Crippen molar-refractivity contribution in [2.75, 3.05) is 5.73 Å². The summed E-state index contributed by atoms with van der Waals surface area (Å²) in [7, 11) is 1.85. The number of nitrogens with one attached hydrogen (secondary N) is 2. The molecule has 5 rings (SSSR count). The molecule has 0 spiro atoms. The van der Waals surface area contributed by atoms with Crippen LogP contribution in [0.3, 0.4) is 0 Å². The lowest BCUT2D eigenvalue weighted by Gasteiger charge is -2.13. The van der Waals surface area contributed by atoms with Gasteiger partial charge in [0.1, 0.15) is 11.4 Å². The Morgan fingerprint density at radius 1 is 1.18 bits per heavy atom. The highest BCUT2D eigenvalue weighted by Crippen LogP contribution is 2.17. The van der Waals surface area contributed by atoms with Gasteiger partial charge in [0.15, 0.2) is 5.82 Å². The Kier molecular flexibility index (Phi) is 8.26. The van der Waals surface area contributed by atoms with E-state index >= 15 is 0 Å². The lowest BCUT2D eigenvalue weighted by Crippen LogP contribution is -2.24. The van der Waals surface area contributed by atoms with E-state index in [0.29, 0.717) is 28.6 Å². The third kappa shape index (κ3) is 5.84. The highest BCUT2D eigenvalue weighted by Gasteiger charge is 2.14. The highest BCUT2D eigenvalue weighted by atomic mass is 16.1. The van der Waals surface area contributed by atoms with E-state index in [2.05, 4.69) is 32.3 Å². The zero-order valence-electron chi connectivity index (χ0n) is 21.8. The molecule has 200 valence electrons. The van der Waals surface area contributed by atoms with Gasteiger partial charge in [0.05, 0.1) is 40.2 Å². The lowest BCUT2D eigenvalue weighted by atomic mass is 10.1. The van der Waals surface area contributed by atoms with Crippen LogP contribution in [0, 0.1) is 17.4 Å². The fourth-order valence-corrected chi connectivity index (χ4v) is 3.95. The van der Waals surface area contributed by atoms with Crippen LogP contribution in [0.4, 0.5) is 5.82 Å². The molecular formula is C28H26N10O2. The number of aromatic nitrogens is 6. The van der Waals surface area contributed by atoms with Crippen molar-refractivity contribution in [1.82, 2.24) is 29.5 Å². The van der Waals surface area contributed by atoms with Crippen molar-refractivity contribution < 1.29 is 4.79 Å². The number of hydrogen-bond acceptors (Lipinski definition) is 8. The SMILES string of the molecule is CCc1nc2cccc(C#Cc3cnn(C)c3)c2c(=O)n1-c1ccccc1.N=N/C=C\c1[nH]nc(N)c1C(N)=O. The zero-order valence-corrected chi connectivity index (χ0v) is 21.8. The van der Waals surface area contributed by atoms with Crippen LogP contribution in [0.5, 0.6) is 0 Å². The maximum atomic E-state index is 13.4. The molecular weight excluding hydrogens is 508 g/mol. The fourth-order valence-electron chi connectivity index (χ4n) is 3.95. The molecule has 0 bridgehead atoms. The molecule has 0 saturated carbocycles. The number of benzene rings is 2. The monoisotopic (exact) mass is 534 g/mol. The standard InChI is InChI=1S/C22H18N4O.C6H8N6O/c1-3-20-24-19-11-7-8-17(13-12-16-14-23-25(2)15-16)21(19)22(27)26(20)18-9-5-4-6-10-18;7-5-4(6(8)13)3(11-12-5)1-2-10-9/h4-11,14-15H,3H2,1-2H3;1-2,9H,(H2,8,13)(H3,7,11,12)/b;2-1-,10-9?. The zero-order chi connectivity index (χ0) is 28.6. The predicted octanol–water partition coefficient (Wildman–Crippen LogP) is 3.17. The maximum absolute atomic E-state index is 13.4. The summed E-state index contributed by atoms with van der Waals surface area (Å²) in [5.74, 6) is 6.30. The average molecular weight is 535 g/mol. The summed E-state index contributed by atoms with van der Waals surface area (Å²) in [6.45, 7) is 2.00. The number of anilines is 1. The summed E-state index contributed by atoms with van der Waals surface area (Å²) < 4.78 is 3.38. The van der Waals surface area contributed by atoms with Crippen LogP contribution in [0.2, 0.25) is 0 Å². The van der Waals surface area contributed by atoms with Gasteiger partial charge in [0.25, 0.3) is 11.5 Å². The van der Waals surface area contributed by atoms with Gasteiger partial charge < -0.3 is 11.5 Å². The molecule has 5 aromatic rings. The number of amides is 1.